The fourth-order valence-corrected chi connectivity index (χ4v) is 3.92. The van der Waals surface area contributed by atoms with E-state index in [1.807, 2.05) is 31.1 Å². The topological polar surface area (TPSA) is 37.4 Å². The molecule has 0 unspecified atom stereocenters. The molecule has 0 fully saturated rings. The Balaban J connectivity index is 2.52. The van der Waals surface area contributed by atoms with E-state index in [0.717, 1.165) is 10.0 Å². The summed E-state index contributed by atoms with van der Waals surface area (Å²) in [6, 6.07) is 5.33. The van der Waals surface area contributed by atoms with Crippen molar-refractivity contribution in [3.63, 3.8) is 0 Å². The molecule has 0 radical (unpaired) electrons. The summed E-state index contributed by atoms with van der Waals surface area (Å²) in [5.74, 6) is 0. The third kappa shape index (κ3) is 1.95. The Bertz CT molecular complexity index is 561. The van der Waals surface area contributed by atoms with Crippen LogP contribution in [0.4, 0.5) is 0 Å². The molecule has 16 heavy (non-hydrogen) atoms. The maximum atomic E-state index is 12.2. The largest absolute Gasteiger partial charge is 0.304 e. The van der Waals surface area contributed by atoms with E-state index in [4.69, 9.17) is 0 Å². The Kier molecular flexibility index (Phi) is 2.94. The first-order chi connectivity index (χ1) is 7.41. The Hall–Kier alpha value is -0.650. The molecule has 2 rings (SSSR count). The van der Waals surface area contributed by atoms with Gasteiger partial charge in [-0.05, 0) is 37.9 Å². The van der Waals surface area contributed by atoms with Crippen LogP contribution in [0.2, 0.25) is 0 Å². The molecule has 1 aliphatic rings. The van der Waals surface area contributed by atoms with E-state index in [1.165, 1.54) is 0 Å². The third-order valence-electron chi connectivity index (χ3n) is 2.40. The van der Waals surface area contributed by atoms with E-state index in [2.05, 4.69) is 15.9 Å². The number of halogens is 1. The van der Waals surface area contributed by atoms with Gasteiger partial charge < -0.3 is 4.90 Å². The van der Waals surface area contributed by atoms with Crippen LogP contribution in [0.1, 0.15) is 5.56 Å². The highest BCUT2D eigenvalue weighted by atomic mass is 79.9. The molecule has 0 aliphatic carbocycles. The van der Waals surface area contributed by atoms with Crippen LogP contribution in [-0.2, 0) is 9.84 Å². The number of nitrogens with zero attached hydrogens (tertiary/aromatic N) is 1. The van der Waals surface area contributed by atoms with Gasteiger partial charge >= 0.3 is 0 Å². The molecule has 0 bridgehead atoms. The summed E-state index contributed by atoms with van der Waals surface area (Å²) < 4.78 is 25.1. The first kappa shape index (κ1) is 11.8. The van der Waals surface area contributed by atoms with Gasteiger partial charge in [-0.1, -0.05) is 22.0 Å². The SMILES string of the molecule is CN(C)CC1=Cc2ccc(Br)cc2S1(=O)=O. The van der Waals surface area contributed by atoms with E-state index in [9.17, 15) is 8.42 Å². The quantitative estimate of drug-likeness (QED) is 0.840. The predicted octanol–water partition coefficient (Wildman–Crippen LogP) is 2.14. The van der Waals surface area contributed by atoms with Crippen LogP contribution < -0.4 is 0 Å². The molecule has 0 amide bonds. The molecule has 0 aromatic heterocycles. The normalized spacial score (nSPS) is 17.4. The minimum atomic E-state index is -3.27. The van der Waals surface area contributed by atoms with E-state index in [-0.39, 0.29) is 0 Å². The van der Waals surface area contributed by atoms with Crippen molar-refractivity contribution < 1.29 is 8.42 Å². The van der Waals surface area contributed by atoms with Crippen LogP contribution in [0.5, 0.6) is 0 Å². The van der Waals surface area contributed by atoms with Crippen LogP contribution in [0.3, 0.4) is 0 Å². The summed E-state index contributed by atoms with van der Waals surface area (Å²) in [6.45, 7) is 0.439. The number of fused-ring (bicyclic) bond motifs is 1. The van der Waals surface area contributed by atoms with Crippen LogP contribution in [-0.4, -0.2) is 34.0 Å². The van der Waals surface area contributed by atoms with Gasteiger partial charge in [0.1, 0.15) is 0 Å². The van der Waals surface area contributed by atoms with Crippen LogP contribution in [0.15, 0.2) is 32.5 Å². The van der Waals surface area contributed by atoms with Gasteiger partial charge in [-0.3, -0.25) is 0 Å². The van der Waals surface area contributed by atoms with Crippen molar-refractivity contribution in [1.82, 2.24) is 4.90 Å². The molecule has 0 spiro atoms. The van der Waals surface area contributed by atoms with Crippen molar-refractivity contribution >= 4 is 31.8 Å². The van der Waals surface area contributed by atoms with Crippen molar-refractivity contribution in [2.24, 2.45) is 0 Å². The van der Waals surface area contributed by atoms with Crippen molar-refractivity contribution in [3.05, 3.63) is 33.1 Å². The molecule has 0 atom stereocenters. The summed E-state index contributed by atoms with van der Waals surface area (Å²) in [5, 5.41) is 0. The average molecular weight is 302 g/mol. The molecule has 1 heterocycles. The van der Waals surface area contributed by atoms with Crippen molar-refractivity contribution in [1.29, 1.82) is 0 Å². The zero-order chi connectivity index (χ0) is 11.9. The Labute approximate surface area is 104 Å². The highest BCUT2D eigenvalue weighted by Crippen LogP contribution is 2.34. The van der Waals surface area contributed by atoms with Gasteiger partial charge in [0, 0.05) is 11.0 Å². The van der Waals surface area contributed by atoms with Crippen molar-refractivity contribution in [2.45, 2.75) is 4.90 Å². The van der Waals surface area contributed by atoms with Crippen molar-refractivity contribution in [3.8, 4) is 0 Å². The first-order valence-corrected chi connectivity index (χ1v) is 7.09. The van der Waals surface area contributed by atoms with Gasteiger partial charge in [-0.2, -0.15) is 0 Å². The number of benzene rings is 1. The minimum Gasteiger partial charge on any atom is -0.304 e. The molecule has 1 aromatic rings. The van der Waals surface area contributed by atoms with Gasteiger partial charge in [0.25, 0.3) is 0 Å². The number of rotatable bonds is 2. The van der Waals surface area contributed by atoms with E-state index in [1.54, 1.807) is 12.1 Å². The number of hydrogen-bond acceptors (Lipinski definition) is 3. The number of sulfone groups is 1. The maximum Gasteiger partial charge on any atom is 0.204 e. The van der Waals surface area contributed by atoms with Gasteiger partial charge in [-0.15, -0.1) is 0 Å². The average Bonchev–Trinajstić information content (AvgIpc) is 2.40. The predicted molar refractivity (Wildman–Crippen MR) is 67.9 cm³/mol. The van der Waals surface area contributed by atoms with Crippen LogP contribution >= 0.6 is 15.9 Å². The van der Waals surface area contributed by atoms with E-state index < -0.39 is 9.84 Å². The highest BCUT2D eigenvalue weighted by Gasteiger charge is 2.29. The van der Waals surface area contributed by atoms with E-state index >= 15 is 0 Å². The standard InChI is InChI=1S/C11H12BrNO2S/c1-13(2)7-10-5-8-3-4-9(12)6-11(8)16(10,14)15/h3-6H,7H2,1-2H3. The number of hydrogen-bond donors (Lipinski definition) is 0. The second kappa shape index (κ2) is 3.98. The lowest BCUT2D eigenvalue weighted by Crippen LogP contribution is -2.18. The van der Waals surface area contributed by atoms with Crippen molar-refractivity contribution in [2.75, 3.05) is 20.6 Å². The molecular weight excluding hydrogens is 290 g/mol. The Morgan fingerprint density at radius 3 is 2.62 bits per heavy atom. The van der Waals surface area contributed by atoms with Crippen LogP contribution in [0.25, 0.3) is 6.08 Å². The molecule has 0 N–H and O–H groups in total. The molecule has 0 saturated heterocycles. The monoisotopic (exact) mass is 301 g/mol. The third-order valence-corrected chi connectivity index (χ3v) is 4.76. The Morgan fingerprint density at radius 1 is 1.31 bits per heavy atom. The van der Waals surface area contributed by atoms with Crippen LogP contribution in [0, 0.1) is 0 Å². The highest BCUT2D eigenvalue weighted by molar-refractivity contribution is 9.10. The summed E-state index contributed by atoms with van der Waals surface area (Å²) >= 11 is 3.29. The molecule has 0 saturated carbocycles. The molecule has 5 heteroatoms. The summed E-state index contributed by atoms with van der Waals surface area (Å²) in [5.41, 5.74) is 0.778. The zero-order valence-electron chi connectivity index (χ0n) is 9.07. The molecule has 3 nitrogen and oxygen atoms in total. The van der Waals surface area contributed by atoms with E-state index in [0.29, 0.717) is 16.3 Å². The molecule has 1 aliphatic heterocycles. The molecular formula is C11H12BrNO2S. The molecule has 1 aromatic carbocycles. The summed E-state index contributed by atoms with van der Waals surface area (Å²) in [6.07, 6.45) is 1.75. The lowest BCUT2D eigenvalue weighted by atomic mass is 10.2. The second-order valence-electron chi connectivity index (χ2n) is 4.03. The van der Waals surface area contributed by atoms with Gasteiger partial charge in [-0.25, -0.2) is 8.42 Å². The fourth-order valence-electron chi connectivity index (χ4n) is 1.69. The minimum absolute atomic E-state index is 0.402. The second-order valence-corrected chi connectivity index (χ2v) is 6.92. The number of likely N-dealkylation sites (N-methyl/N-ethyl adjacent to an activating group) is 1. The Morgan fingerprint density at radius 2 is 2.00 bits per heavy atom. The summed E-state index contributed by atoms with van der Waals surface area (Å²) in [4.78, 5) is 2.72. The first-order valence-electron chi connectivity index (χ1n) is 4.81. The smallest absolute Gasteiger partial charge is 0.204 e. The summed E-state index contributed by atoms with van der Waals surface area (Å²) in [7, 11) is 0.438. The molecule has 86 valence electrons. The lowest BCUT2D eigenvalue weighted by molar-refractivity contribution is 0.451. The van der Waals surface area contributed by atoms with Gasteiger partial charge in [0.2, 0.25) is 9.84 Å². The van der Waals surface area contributed by atoms with Gasteiger partial charge in [0.05, 0.1) is 9.80 Å². The lowest BCUT2D eigenvalue weighted by Gasteiger charge is -2.10. The fraction of sp³-hybridized carbons (Fsp3) is 0.273. The zero-order valence-corrected chi connectivity index (χ0v) is 11.5. The maximum absolute atomic E-state index is 12.2. The van der Waals surface area contributed by atoms with Gasteiger partial charge in [0.15, 0.2) is 0 Å².